The Morgan fingerprint density at radius 2 is 1.89 bits per heavy atom. The highest BCUT2D eigenvalue weighted by Gasteiger charge is 2.21. The van der Waals surface area contributed by atoms with E-state index in [1.807, 2.05) is 51.1 Å². The topological polar surface area (TPSA) is 114 Å². The number of carbonyl (C=O) groups excluding carboxylic acids is 1. The molecule has 0 bridgehead atoms. The van der Waals surface area contributed by atoms with E-state index in [1.165, 1.54) is 0 Å². The summed E-state index contributed by atoms with van der Waals surface area (Å²) in [6.07, 6.45) is 0.469. The molecule has 0 radical (unpaired) electrons. The lowest BCUT2D eigenvalue weighted by molar-refractivity contribution is -0.121. The molecule has 148 valence electrons. The van der Waals surface area contributed by atoms with Gasteiger partial charge in [0, 0.05) is 31.3 Å². The Balaban J connectivity index is 1.68. The van der Waals surface area contributed by atoms with E-state index in [9.17, 15) is 13.2 Å². The fourth-order valence-corrected chi connectivity index (χ4v) is 3.06. The summed E-state index contributed by atoms with van der Waals surface area (Å²) >= 11 is 0. The molecule has 1 aromatic heterocycles. The molecule has 27 heavy (non-hydrogen) atoms. The van der Waals surface area contributed by atoms with Crippen molar-refractivity contribution in [2.75, 3.05) is 12.3 Å². The molecule has 0 spiro atoms. The van der Waals surface area contributed by atoms with Gasteiger partial charge >= 0.3 is 0 Å². The summed E-state index contributed by atoms with van der Waals surface area (Å²) in [4.78, 5) is 16.1. The zero-order chi connectivity index (χ0) is 19.9. The number of amides is 1. The molecule has 0 aliphatic rings. The zero-order valence-corrected chi connectivity index (χ0v) is 16.7. The quantitative estimate of drug-likeness (QED) is 0.667. The molecule has 1 aromatic carbocycles. The second kappa shape index (κ2) is 9.09. The van der Waals surface area contributed by atoms with E-state index in [4.69, 9.17) is 4.52 Å². The lowest BCUT2D eigenvalue weighted by Gasteiger charge is -2.10. The molecule has 2 aromatic rings. The lowest BCUT2D eigenvalue weighted by atomic mass is 9.96. The Hall–Kier alpha value is -2.26. The maximum atomic E-state index is 12.0. The number of aromatic nitrogens is 2. The standard InChI is InChI=1S/C18H26N4O4S/c1-18(2,3)17-21-16(26-22-17)10-9-15(23)19-11-12-27(24,25)20-13-14-7-5-4-6-8-14/h4-8,20H,9-13H2,1-3H3,(H,19,23). The summed E-state index contributed by atoms with van der Waals surface area (Å²) in [5, 5.41) is 6.50. The van der Waals surface area contributed by atoms with Crippen LogP contribution in [0.1, 0.15) is 44.5 Å². The van der Waals surface area contributed by atoms with E-state index in [-0.39, 0.29) is 36.6 Å². The average Bonchev–Trinajstić information content (AvgIpc) is 3.09. The minimum Gasteiger partial charge on any atom is -0.355 e. The second-order valence-corrected chi connectivity index (χ2v) is 9.16. The molecule has 2 N–H and O–H groups in total. The predicted octanol–water partition coefficient (Wildman–Crippen LogP) is 1.54. The van der Waals surface area contributed by atoms with Crippen LogP contribution in [0.25, 0.3) is 0 Å². The molecule has 1 heterocycles. The third kappa shape index (κ3) is 7.48. The van der Waals surface area contributed by atoms with Crippen LogP contribution in [-0.2, 0) is 33.2 Å². The van der Waals surface area contributed by atoms with Crippen LogP contribution in [0.2, 0.25) is 0 Å². The highest BCUT2D eigenvalue weighted by atomic mass is 32.2. The largest absolute Gasteiger partial charge is 0.355 e. The number of carbonyl (C=O) groups is 1. The summed E-state index contributed by atoms with van der Waals surface area (Å²) in [6, 6.07) is 9.24. The second-order valence-electron chi connectivity index (χ2n) is 7.24. The van der Waals surface area contributed by atoms with Crippen molar-refractivity contribution in [1.82, 2.24) is 20.2 Å². The van der Waals surface area contributed by atoms with Crippen molar-refractivity contribution in [2.45, 2.75) is 45.6 Å². The Morgan fingerprint density at radius 1 is 1.19 bits per heavy atom. The van der Waals surface area contributed by atoms with Crippen LogP contribution in [0.4, 0.5) is 0 Å². The summed E-state index contributed by atoms with van der Waals surface area (Å²) in [7, 11) is -3.46. The number of sulfonamides is 1. The van der Waals surface area contributed by atoms with Crippen molar-refractivity contribution >= 4 is 15.9 Å². The highest BCUT2D eigenvalue weighted by Crippen LogP contribution is 2.18. The molecule has 0 fully saturated rings. The van der Waals surface area contributed by atoms with Crippen LogP contribution in [0.15, 0.2) is 34.9 Å². The van der Waals surface area contributed by atoms with Gasteiger partial charge in [0.2, 0.25) is 21.8 Å². The van der Waals surface area contributed by atoms with E-state index in [0.29, 0.717) is 18.1 Å². The maximum absolute atomic E-state index is 12.0. The average molecular weight is 394 g/mol. The van der Waals surface area contributed by atoms with Gasteiger partial charge < -0.3 is 9.84 Å². The fraction of sp³-hybridized carbons (Fsp3) is 0.500. The van der Waals surface area contributed by atoms with E-state index >= 15 is 0 Å². The zero-order valence-electron chi connectivity index (χ0n) is 15.9. The monoisotopic (exact) mass is 394 g/mol. The first-order valence-corrected chi connectivity index (χ1v) is 10.4. The van der Waals surface area contributed by atoms with Crippen LogP contribution in [0, 0.1) is 0 Å². The molecule has 0 aliphatic heterocycles. The molecular formula is C18H26N4O4S. The molecule has 0 saturated heterocycles. The van der Waals surface area contributed by atoms with Crippen LogP contribution in [0.5, 0.6) is 0 Å². The molecular weight excluding hydrogens is 368 g/mol. The van der Waals surface area contributed by atoms with Crippen LogP contribution in [-0.4, -0.2) is 36.8 Å². The Bertz CT molecular complexity index is 842. The highest BCUT2D eigenvalue weighted by molar-refractivity contribution is 7.89. The van der Waals surface area contributed by atoms with Gasteiger partial charge in [0.15, 0.2) is 5.82 Å². The third-order valence-corrected chi connectivity index (χ3v) is 5.06. The molecule has 8 nitrogen and oxygen atoms in total. The summed E-state index contributed by atoms with van der Waals surface area (Å²) in [6.45, 7) is 6.19. The van der Waals surface area contributed by atoms with Crippen LogP contribution >= 0.6 is 0 Å². The number of nitrogens with one attached hydrogen (secondary N) is 2. The number of nitrogens with zero attached hydrogens (tertiary/aromatic N) is 2. The Labute approximate surface area is 159 Å². The molecule has 9 heteroatoms. The molecule has 2 rings (SSSR count). The SMILES string of the molecule is CC(C)(C)c1noc(CCC(=O)NCCS(=O)(=O)NCc2ccccc2)n1. The number of rotatable bonds is 9. The molecule has 0 atom stereocenters. The number of benzene rings is 1. The van der Waals surface area contributed by atoms with Gasteiger partial charge in [-0.2, -0.15) is 4.98 Å². The van der Waals surface area contributed by atoms with Gasteiger partial charge in [0.1, 0.15) is 0 Å². The summed E-state index contributed by atoms with van der Waals surface area (Å²) in [5.41, 5.74) is 0.657. The third-order valence-electron chi connectivity index (χ3n) is 3.74. The van der Waals surface area contributed by atoms with Crippen molar-refractivity contribution in [3.8, 4) is 0 Å². The minimum absolute atomic E-state index is 0.0417. The molecule has 0 unspecified atom stereocenters. The lowest BCUT2D eigenvalue weighted by Crippen LogP contribution is -2.34. The van der Waals surface area contributed by atoms with E-state index < -0.39 is 10.0 Å². The van der Waals surface area contributed by atoms with Crippen LogP contribution < -0.4 is 10.0 Å². The Morgan fingerprint density at radius 3 is 2.52 bits per heavy atom. The van der Waals surface area contributed by atoms with Crippen molar-refractivity contribution in [2.24, 2.45) is 0 Å². The van der Waals surface area contributed by atoms with Gasteiger partial charge in [-0.1, -0.05) is 56.3 Å². The van der Waals surface area contributed by atoms with Gasteiger partial charge in [-0.3, -0.25) is 4.79 Å². The van der Waals surface area contributed by atoms with E-state index in [2.05, 4.69) is 20.2 Å². The summed E-state index contributed by atoms with van der Waals surface area (Å²) in [5.74, 6) is 0.546. The maximum Gasteiger partial charge on any atom is 0.227 e. The minimum atomic E-state index is -3.46. The molecule has 1 amide bonds. The summed E-state index contributed by atoms with van der Waals surface area (Å²) < 4.78 is 31.6. The van der Waals surface area contributed by atoms with Gasteiger partial charge in [-0.15, -0.1) is 0 Å². The molecule has 0 saturated carbocycles. The predicted molar refractivity (Wildman–Crippen MR) is 101 cm³/mol. The van der Waals surface area contributed by atoms with Crippen molar-refractivity contribution in [3.63, 3.8) is 0 Å². The molecule has 0 aliphatic carbocycles. The smallest absolute Gasteiger partial charge is 0.227 e. The van der Waals surface area contributed by atoms with Gasteiger partial charge in [0.25, 0.3) is 0 Å². The fourth-order valence-electron chi connectivity index (χ4n) is 2.16. The van der Waals surface area contributed by atoms with Crippen molar-refractivity contribution in [3.05, 3.63) is 47.6 Å². The van der Waals surface area contributed by atoms with E-state index in [1.54, 1.807) is 0 Å². The number of hydrogen-bond acceptors (Lipinski definition) is 6. The first kappa shape index (κ1) is 21.0. The first-order chi connectivity index (χ1) is 12.7. The van der Waals surface area contributed by atoms with Gasteiger partial charge in [0.05, 0.1) is 5.75 Å². The Kier molecular flexibility index (Phi) is 7.09. The van der Waals surface area contributed by atoms with E-state index in [0.717, 1.165) is 5.56 Å². The first-order valence-electron chi connectivity index (χ1n) is 8.77. The van der Waals surface area contributed by atoms with Crippen molar-refractivity contribution in [1.29, 1.82) is 0 Å². The number of hydrogen-bond donors (Lipinski definition) is 2. The van der Waals surface area contributed by atoms with Gasteiger partial charge in [-0.05, 0) is 5.56 Å². The normalized spacial score (nSPS) is 12.1. The number of aryl methyl sites for hydroxylation is 1. The van der Waals surface area contributed by atoms with Crippen LogP contribution in [0.3, 0.4) is 0 Å². The van der Waals surface area contributed by atoms with Gasteiger partial charge in [-0.25, -0.2) is 13.1 Å². The van der Waals surface area contributed by atoms with Crippen molar-refractivity contribution < 1.29 is 17.7 Å².